The molecule has 2 aromatic rings. The Hall–Kier alpha value is -2.73. The first-order valence-electron chi connectivity index (χ1n) is 10.5. The fourth-order valence-corrected chi connectivity index (χ4v) is 4.97. The molecule has 0 radical (unpaired) electrons. The summed E-state index contributed by atoms with van der Waals surface area (Å²) < 4.78 is 5.13. The Balaban J connectivity index is 1.59. The number of aryl methyl sites for hydroxylation is 2. The standard InChI is InChI=1S/C24H29N3O3/c1-16-10-18(12-25-11-16)24(29)26-13-19-14-27(22(28)8-9-30-3)23(21(19)15-26)20-7-5-4-6-17(20)2/h4-7,10-12,19,21,23H,8-9,13-15H2,1-3H3/t19-,21-,23+/m0/s1. The lowest BCUT2D eigenvalue weighted by Crippen LogP contribution is -2.38. The minimum Gasteiger partial charge on any atom is -0.384 e. The Kier molecular flexibility index (Phi) is 5.86. The molecule has 0 aliphatic carbocycles. The second kappa shape index (κ2) is 8.56. The molecule has 2 aliphatic heterocycles. The molecule has 30 heavy (non-hydrogen) atoms. The minimum atomic E-state index is -0.00556. The average molecular weight is 408 g/mol. The topological polar surface area (TPSA) is 62.7 Å². The Labute approximate surface area is 177 Å². The normalized spacial score (nSPS) is 23.0. The van der Waals surface area contributed by atoms with Gasteiger partial charge in [0.2, 0.25) is 5.91 Å². The molecule has 158 valence electrons. The highest BCUT2D eigenvalue weighted by Crippen LogP contribution is 2.46. The molecule has 6 heteroatoms. The summed E-state index contributed by atoms with van der Waals surface area (Å²) in [6.07, 6.45) is 3.78. The van der Waals surface area contributed by atoms with Gasteiger partial charge in [-0.15, -0.1) is 0 Å². The number of carbonyl (C=O) groups excluding carboxylic acids is 2. The summed E-state index contributed by atoms with van der Waals surface area (Å²) in [7, 11) is 1.62. The second-order valence-corrected chi connectivity index (χ2v) is 8.48. The number of hydrogen-bond donors (Lipinski definition) is 0. The highest BCUT2D eigenvalue weighted by atomic mass is 16.5. The van der Waals surface area contributed by atoms with Crippen molar-refractivity contribution in [3.63, 3.8) is 0 Å². The van der Waals surface area contributed by atoms with Crippen LogP contribution in [0.4, 0.5) is 0 Å². The van der Waals surface area contributed by atoms with Gasteiger partial charge in [-0.2, -0.15) is 0 Å². The first kappa shape index (κ1) is 20.5. The number of hydrogen-bond acceptors (Lipinski definition) is 4. The molecule has 3 atom stereocenters. The van der Waals surface area contributed by atoms with Crippen LogP contribution in [0.5, 0.6) is 0 Å². The summed E-state index contributed by atoms with van der Waals surface area (Å²) >= 11 is 0. The monoisotopic (exact) mass is 407 g/mol. The van der Waals surface area contributed by atoms with Crippen LogP contribution in [0.2, 0.25) is 0 Å². The van der Waals surface area contributed by atoms with Gasteiger partial charge in [0.15, 0.2) is 0 Å². The maximum Gasteiger partial charge on any atom is 0.255 e. The number of methoxy groups -OCH3 is 1. The smallest absolute Gasteiger partial charge is 0.255 e. The largest absolute Gasteiger partial charge is 0.384 e. The van der Waals surface area contributed by atoms with Crippen molar-refractivity contribution in [3.8, 4) is 0 Å². The van der Waals surface area contributed by atoms with E-state index in [2.05, 4.69) is 24.0 Å². The molecule has 0 spiro atoms. The van der Waals surface area contributed by atoms with Gasteiger partial charge in [0.05, 0.1) is 24.6 Å². The fourth-order valence-electron chi connectivity index (χ4n) is 4.97. The van der Waals surface area contributed by atoms with Crippen LogP contribution in [0.3, 0.4) is 0 Å². The first-order valence-corrected chi connectivity index (χ1v) is 10.5. The van der Waals surface area contributed by atoms with Crippen LogP contribution in [0, 0.1) is 25.7 Å². The summed E-state index contributed by atoms with van der Waals surface area (Å²) in [6.45, 7) is 6.48. The molecule has 0 bridgehead atoms. The van der Waals surface area contributed by atoms with Crippen molar-refractivity contribution >= 4 is 11.8 Å². The van der Waals surface area contributed by atoms with E-state index >= 15 is 0 Å². The molecule has 4 rings (SSSR count). The predicted molar refractivity (Wildman–Crippen MR) is 114 cm³/mol. The molecule has 3 heterocycles. The Morgan fingerprint density at radius 1 is 1.13 bits per heavy atom. The third-order valence-corrected chi connectivity index (χ3v) is 6.42. The lowest BCUT2D eigenvalue weighted by molar-refractivity contribution is -0.133. The number of benzene rings is 1. The molecule has 2 aliphatic rings. The number of pyridine rings is 1. The van der Waals surface area contributed by atoms with E-state index in [0.717, 1.165) is 5.56 Å². The van der Waals surface area contributed by atoms with Crippen LogP contribution in [-0.2, 0) is 9.53 Å². The van der Waals surface area contributed by atoms with Crippen LogP contribution < -0.4 is 0 Å². The van der Waals surface area contributed by atoms with Gasteiger partial charge in [0.25, 0.3) is 5.91 Å². The molecular weight excluding hydrogens is 378 g/mol. The summed E-state index contributed by atoms with van der Waals surface area (Å²) in [5.74, 6) is 0.670. The van der Waals surface area contributed by atoms with Gasteiger partial charge in [-0.05, 0) is 36.6 Å². The molecule has 1 aromatic carbocycles. The first-order chi connectivity index (χ1) is 14.5. The van der Waals surface area contributed by atoms with E-state index in [9.17, 15) is 9.59 Å². The van der Waals surface area contributed by atoms with Crippen LogP contribution in [0.1, 0.15) is 39.5 Å². The van der Waals surface area contributed by atoms with E-state index < -0.39 is 0 Å². The summed E-state index contributed by atoms with van der Waals surface area (Å²) in [6, 6.07) is 10.2. The molecule has 6 nitrogen and oxygen atoms in total. The number of nitrogens with zero attached hydrogens (tertiary/aromatic N) is 3. The van der Waals surface area contributed by atoms with Gasteiger partial charge in [-0.1, -0.05) is 24.3 Å². The van der Waals surface area contributed by atoms with Crippen molar-refractivity contribution in [2.75, 3.05) is 33.4 Å². The Bertz CT molecular complexity index is 945. The zero-order chi connectivity index (χ0) is 21.3. The van der Waals surface area contributed by atoms with Gasteiger partial charge >= 0.3 is 0 Å². The van der Waals surface area contributed by atoms with E-state index in [1.165, 1.54) is 11.1 Å². The van der Waals surface area contributed by atoms with Crippen LogP contribution in [0.15, 0.2) is 42.7 Å². The maximum absolute atomic E-state index is 13.1. The van der Waals surface area contributed by atoms with Crippen molar-refractivity contribution in [2.24, 2.45) is 11.8 Å². The van der Waals surface area contributed by atoms with Gasteiger partial charge in [-0.25, -0.2) is 0 Å². The van der Waals surface area contributed by atoms with Gasteiger partial charge < -0.3 is 14.5 Å². The third-order valence-electron chi connectivity index (χ3n) is 6.42. The van der Waals surface area contributed by atoms with E-state index in [4.69, 9.17) is 4.74 Å². The number of fused-ring (bicyclic) bond motifs is 1. The predicted octanol–water partition coefficient (Wildman–Crippen LogP) is 3.01. The number of aromatic nitrogens is 1. The zero-order valence-electron chi connectivity index (χ0n) is 17.9. The number of rotatable bonds is 5. The molecule has 0 saturated carbocycles. The second-order valence-electron chi connectivity index (χ2n) is 8.48. The van der Waals surface area contributed by atoms with Crippen molar-refractivity contribution in [1.82, 2.24) is 14.8 Å². The van der Waals surface area contributed by atoms with Gasteiger partial charge in [0, 0.05) is 51.0 Å². The zero-order valence-corrected chi connectivity index (χ0v) is 17.9. The highest BCUT2D eigenvalue weighted by molar-refractivity contribution is 5.94. The van der Waals surface area contributed by atoms with E-state index in [1.807, 2.05) is 34.9 Å². The fraction of sp³-hybridized carbons (Fsp3) is 0.458. The van der Waals surface area contributed by atoms with Gasteiger partial charge in [0.1, 0.15) is 0 Å². The van der Waals surface area contributed by atoms with Crippen molar-refractivity contribution in [3.05, 3.63) is 65.0 Å². The van der Waals surface area contributed by atoms with Crippen molar-refractivity contribution in [2.45, 2.75) is 26.3 Å². The molecule has 2 saturated heterocycles. The number of carbonyl (C=O) groups is 2. The number of likely N-dealkylation sites (tertiary alicyclic amines) is 2. The Morgan fingerprint density at radius 2 is 1.93 bits per heavy atom. The quantitative estimate of drug-likeness (QED) is 0.764. The van der Waals surface area contributed by atoms with Crippen molar-refractivity contribution in [1.29, 1.82) is 0 Å². The lowest BCUT2D eigenvalue weighted by atomic mass is 9.87. The van der Waals surface area contributed by atoms with E-state index in [-0.39, 0.29) is 29.7 Å². The van der Waals surface area contributed by atoms with Crippen LogP contribution >= 0.6 is 0 Å². The number of ether oxygens (including phenoxy) is 1. The third kappa shape index (κ3) is 3.84. The molecular formula is C24H29N3O3. The highest BCUT2D eigenvalue weighted by Gasteiger charge is 2.50. The van der Waals surface area contributed by atoms with Crippen LogP contribution in [0.25, 0.3) is 0 Å². The summed E-state index contributed by atoms with van der Waals surface area (Å²) in [4.78, 5) is 34.2. The molecule has 0 unspecified atom stereocenters. The average Bonchev–Trinajstić information content (AvgIpc) is 3.30. The van der Waals surface area contributed by atoms with Crippen molar-refractivity contribution < 1.29 is 14.3 Å². The molecule has 2 fully saturated rings. The SMILES string of the molecule is COCCC(=O)N1C[C@@H]2CN(C(=O)c3cncc(C)c3)C[C@@H]2[C@H]1c1ccccc1C. The summed E-state index contributed by atoms with van der Waals surface area (Å²) in [5.41, 5.74) is 3.98. The van der Waals surface area contributed by atoms with E-state index in [0.29, 0.717) is 38.2 Å². The number of amides is 2. The summed E-state index contributed by atoms with van der Waals surface area (Å²) in [5, 5.41) is 0. The Morgan fingerprint density at radius 3 is 2.67 bits per heavy atom. The maximum atomic E-state index is 13.1. The van der Waals surface area contributed by atoms with Gasteiger partial charge in [-0.3, -0.25) is 14.6 Å². The molecule has 1 aromatic heterocycles. The molecule has 2 amide bonds. The van der Waals surface area contributed by atoms with Crippen LogP contribution in [-0.4, -0.2) is 59.9 Å². The lowest BCUT2D eigenvalue weighted by Gasteiger charge is -2.31. The van der Waals surface area contributed by atoms with E-state index in [1.54, 1.807) is 19.5 Å². The molecule has 0 N–H and O–H groups in total. The minimum absolute atomic E-state index is 0.00556.